The number of rotatable bonds is 5. The van der Waals surface area contributed by atoms with Crippen LogP contribution in [0.15, 0.2) is 205 Å². The highest BCUT2D eigenvalue weighted by molar-refractivity contribution is 6.10. The smallest absolute Gasteiger partial charge is 0.0715 e. The van der Waals surface area contributed by atoms with Crippen molar-refractivity contribution in [1.29, 1.82) is 0 Å². The maximum absolute atomic E-state index is 2.71. The molecule has 2 heterocycles. The Balaban J connectivity index is 1.02. The summed E-state index contributed by atoms with van der Waals surface area (Å²) in [5, 5.41) is 2.56. The van der Waals surface area contributed by atoms with Gasteiger partial charge in [0.25, 0.3) is 0 Å². The van der Waals surface area contributed by atoms with Crippen LogP contribution in [0.3, 0.4) is 0 Å². The zero-order valence-electron chi connectivity index (χ0n) is 35.6. The topological polar surface area (TPSA) is 8.17 Å². The van der Waals surface area contributed by atoms with Crippen LogP contribution in [-0.2, 0) is 5.41 Å². The molecule has 0 amide bonds. The third kappa shape index (κ3) is 5.34. The molecule has 6 unspecified atom stereocenters. The van der Waals surface area contributed by atoms with Gasteiger partial charge in [-0.25, -0.2) is 0 Å². The van der Waals surface area contributed by atoms with Crippen LogP contribution in [0.4, 0.5) is 5.69 Å². The monoisotopic (exact) mass is 788 g/mol. The quantitative estimate of drug-likeness (QED) is 0.169. The average Bonchev–Trinajstić information content (AvgIpc) is 3.86. The van der Waals surface area contributed by atoms with Crippen LogP contribution in [0.25, 0.3) is 44.2 Å². The summed E-state index contributed by atoms with van der Waals surface area (Å²) in [6.07, 6.45) is 30.1. The average molecular weight is 789 g/mol. The molecule has 5 aliphatic carbocycles. The number of fused-ring (bicyclic) bond motifs is 9. The number of aromatic nitrogens is 1. The van der Waals surface area contributed by atoms with Crippen LogP contribution in [0.2, 0.25) is 0 Å². The third-order valence-corrected chi connectivity index (χ3v) is 15.3. The molecule has 6 aliphatic rings. The summed E-state index contributed by atoms with van der Waals surface area (Å²) in [4.78, 5) is 2.71. The van der Waals surface area contributed by atoms with E-state index in [4.69, 9.17) is 0 Å². The van der Waals surface area contributed by atoms with Crippen molar-refractivity contribution in [3.63, 3.8) is 0 Å². The summed E-state index contributed by atoms with van der Waals surface area (Å²) >= 11 is 0. The molecule has 0 radical (unpaired) electrons. The van der Waals surface area contributed by atoms with E-state index in [2.05, 4.69) is 219 Å². The van der Waals surface area contributed by atoms with E-state index >= 15 is 0 Å². The van der Waals surface area contributed by atoms with Gasteiger partial charge in [-0.05, 0) is 132 Å². The highest BCUT2D eigenvalue weighted by Gasteiger charge is 2.54. The molecule has 6 aromatic rings. The lowest BCUT2D eigenvalue weighted by Crippen LogP contribution is -2.46. The van der Waals surface area contributed by atoms with Crippen LogP contribution in [0.5, 0.6) is 0 Å². The van der Waals surface area contributed by atoms with Gasteiger partial charge < -0.3 is 9.47 Å². The zero-order valence-corrected chi connectivity index (χ0v) is 35.6. The van der Waals surface area contributed by atoms with E-state index in [1.54, 1.807) is 5.57 Å². The van der Waals surface area contributed by atoms with Crippen molar-refractivity contribution < 1.29 is 0 Å². The maximum atomic E-state index is 2.71. The van der Waals surface area contributed by atoms with Gasteiger partial charge in [0.05, 0.1) is 16.6 Å². The second-order valence-corrected chi connectivity index (χ2v) is 18.9. The van der Waals surface area contributed by atoms with E-state index in [0.717, 1.165) is 19.3 Å². The van der Waals surface area contributed by atoms with Gasteiger partial charge in [0.15, 0.2) is 0 Å². The first-order chi connectivity index (χ1) is 29.8. The van der Waals surface area contributed by atoms with Crippen molar-refractivity contribution in [2.45, 2.75) is 63.8 Å². The van der Waals surface area contributed by atoms with E-state index in [-0.39, 0.29) is 16.9 Å². The Morgan fingerprint density at radius 2 is 1.49 bits per heavy atom. The number of benzene rings is 5. The second-order valence-electron chi connectivity index (χ2n) is 18.9. The summed E-state index contributed by atoms with van der Waals surface area (Å²) in [6.45, 7) is 9.76. The third-order valence-electron chi connectivity index (χ3n) is 15.3. The minimum atomic E-state index is -0.310. The van der Waals surface area contributed by atoms with Crippen molar-refractivity contribution in [3.05, 3.63) is 221 Å². The molecule has 12 rings (SSSR count). The van der Waals surface area contributed by atoms with Crippen LogP contribution in [0.1, 0.15) is 69.6 Å². The molecule has 298 valence electrons. The molecule has 0 N–H and O–H groups in total. The lowest BCUT2D eigenvalue weighted by atomic mass is 9.66. The van der Waals surface area contributed by atoms with E-state index in [9.17, 15) is 0 Å². The molecule has 1 aromatic heterocycles. The number of hydrogen-bond donors (Lipinski definition) is 0. The zero-order chi connectivity index (χ0) is 41.0. The van der Waals surface area contributed by atoms with Crippen LogP contribution < -0.4 is 4.90 Å². The van der Waals surface area contributed by atoms with E-state index in [1.165, 1.54) is 83.4 Å². The Hall–Kier alpha value is -6.38. The van der Waals surface area contributed by atoms with Crippen molar-refractivity contribution in [2.24, 2.45) is 17.8 Å². The fourth-order valence-corrected chi connectivity index (χ4v) is 12.1. The van der Waals surface area contributed by atoms with E-state index in [1.807, 2.05) is 0 Å². The van der Waals surface area contributed by atoms with Gasteiger partial charge in [0, 0.05) is 45.1 Å². The molecular formula is C59H52N2. The Labute approximate surface area is 360 Å². The van der Waals surface area contributed by atoms with Crippen LogP contribution in [-0.4, -0.2) is 10.1 Å². The fraction of sp³-hybridized carbons (Fsp3) is 0.220. The van der Waals surface area contributed by atoms with Crippen molar-refractivity contribution in [1.82, 2.24) is 4.57 Å². The van der Waals surface area contributed by atoms with E-state index in [0.29, 0.717) is 17.8 Å². The van der Waals surface area contributed by atoms with Gasteiger partial charge >= 0.3 is 0 Å². The normalized spacial score (nSPS) is 27.2. The molecule has 0 saturated carbocycles. The first-order valence-electron chi connectivity index (χ1n) is 22.5. The maximum Gasteiger partial charge on any atom is 0.0715 e. The number of anilines is 1. The van der Waals surface area contributed by atoms with Crippen molar-refractivity contribution in [2.75, 3.05) is 4.90 Å². The molecule has 61 heavy (non-hydrogen) atoms. The fourth-order valence-electron chi connectivity index (χ4n) is 12.1. The van der Waals surface area contributed by atoms with E-state index < -0.39 is 0 Å². The summed E-state index contributed by atoms with van der Waals surface area (Å²) in [5.74, 6) is 1.71. The first kappa shape index (κ1) is 36.5. The standard InChI is InChI=1S/C59H52N2/c1-38-15-14-17-43(33-38)59(4)52-23-12-10-21-47(52)49-36-53-51-35-42(41-27-31-56-50(34-41)48-22-11-13-24-55(48)60(56)44-18-6-5-7-19-44)28-32-57(51)61(58(53,3)37-54(49)59)45-29-25-40(26-30-45)46-20-9-8-16-39(46)2/h5-15,17-25,27-32,34-40,53H,16,26,33H2,1-4H3. The second kappa shape index (κ2) is 13.6. The Bertz CT molecular complexity index is 3080. The summed E-state index contributed by atoms with van der Waals surface area (Å²) in [6, 6.07) is 43.3. The summed E-state index contributed by atoms with van der Waals surface area (Å²) in [7, 11) is 0. The van der Waals surface area contributed by atoms with Crippen molar-refractivity contribution in [3.8, 4) is 16.8 Å². The minimum Gasteiger partial charge on any atom is -0.331 e. The summed E-state index contributed by atoms with van der Waals surface area (Å²) in [5.41, 5.74) is 18.5. The van der Waals surface area contributed by atoms with Crippen LogP contribution in [0, 0.1) is 17.8 Å². The molecule has 6 atom stereocenters. The van der Waals surface area contributed by atoms with Crippen LogP contribution >= 0.6 is 0 Å². The Morgan fingerprint density at radius 3 is 2.33 bits per heavy atom. The molecule has 0 fully saturated rings. The van der Waals surface area contributed by atoms with Gasteiger partial charge in [0.2, 0.25) is 0 Å². The molecule has 1 aliphatic heterocycles. The Morgan fingerprint density at radius 1 is 0.705 bits per heavy atom. The van der Waals surface area contributed by atoms with Gasteiger partial charge in [-0.1, -0.05) is 159 Å². The molecule has 0 spiro atoms. The largest absolute Gasteiger partial charge is 0.331 e. The van der Waals surface area contributed by atoms with Gasteiger partial charge in [-0.15, -0.1) is 0 Å². The highest BCUT2D eigenvalue weighted by atomic mass is 15.2. The molecular weight excluding hydrogens is 737 g/mol. The number of hydrogen-bond acceptors (Lipinski definition) is 1. The Kier molecular flexibility index (Phi) is 8.11. The molecule has 0 bridgehead atoms. The van der Waals surface area contributed by atoms with Gasteiger partial charge in [-0.3, -0.25) is 0 Å². The van der Waals surface area contributed by atoms with Gasteiger partial charge in [0.1, 0.15) is 0 Å². The lowest BCUT2D eigenvalue weighted by molar-refractivity contribution is 0.511. The first-order valence-corrected chi connectivity index (χ1v) is 22.5. The summed E-state index contributed by atoms with van der Waals surface area (Å²) < 4.78 is 2.41. The number of nitrogens with zero attached hydrogens (tertiary/aromatic N) is 2. The minimum absolute atomic E-state index is 0.165. The SMILES string of the molecule is CC1C=CC=C(C2(C)C3=CC4(C)C(C=C3c3ccccc32)c2cc(-c3ccc5c(c3)c3ccccc3n5-c3ccccc3)ccc2N4C2=CCC(C3=CC=CCC3C)C=C2)C1. The predicted molar refractivity (Wildman–Crippen MR) is 257 cm³/mol. The lowest BCUT2D eigenvalue weighted by Gasteiger charge is -2.44. The molecule has 5 aromatic carbocycles. The molecule has 2 heteroatoms. The number of para-hydroxylation sites is 2. The molecule has 0 saturated heterocycles. The van der Waals surface area contributed by atoms with Gasteiger partial charge in [-0.2, -0.15) is 0 Å². The molecule has 2 nitrogen and oxygen atoms in total. The van der Waals surface area contributed by atoms with Crippen molar-refractivity contribution >= 4 is 33.1 Å². The highest BCUT2D eigenvalue weighted by Crippen LogP contribution is 2.63. The predicted octanol–water partition coefficient (Wildman–Crippen LogP) is 14.9. The number of allylic oxidation sites excluding steroid dienone is 13.